The Morgan fingerprint density at radius 2 is 1.70 bits per heavy atom. The Labute approximate surface area is 174 Å². The maximum atomic E-state index is 13.5. The predicted molar refractivity (Wildman–Crippen MR) is 114 cm³/mol. The molecule has 0 amide bonds. The van der Waals surface area contributed by atoms with Gasteiger partial charge >= 0.3 is 0 Å². The maximum absolute atomic E-state index is 13.5. The second-order valence-electron chi connectivity index (χ2n) is 8.24. The molecular formula is C24H25F2N3O. The van der Waals surface area contributed by atoms with Gasteiger partial charge in [-0.05, 0) is 87.1 Å². The van der Waals surface area contributed by atoms with Crippen LogP contribution in [0.4, 0.5) is 8.78 Å². The van der Waals surface area contributed by atoms with Crippen LogP contribution in [0.3, 0.4) is 0 Å². The molecule has 0 spiro atoms. The van der Waals surface area contributed by atoms with Crippen LogP contribution < -0.4 is 0 Å². The topological polar surface area (TPSA) is 34.2 Å². The first-order valence-corrected chi connectivity index (χ1v) is 10.7. The number of hydrogen-bond donors (Lipinski definition) is 0. The summed E-state index contributed by atoms with van der Waals surface area (Å²) < 4.78 is 34.3. The van der Waals surface area contributed by atoms with Gasteiger partial charge in [-0.15, -0.1) is 0 Å². The molecule has 3 heterocycles. The monoisotopic (exact) mass is 409 g/mol. The number of piperidine rings is 1. The lowest BCUT2D eigenvalue weighted by atomic mass is 9.91. The molecule has 0 bridgehead atoms. The highest BCUT2D eigenvalue weighted by Crippen LogP contribution is 2.32. The average Bonchev–Trinajstić information content (AvgIpc) is 3.35. The van der Waals surface area contributed by atoms with E-state index in [1.54, 1.807) is 12.1 Å². The van der Waals surface area contributed by atoms with E-state index in [9.17, 15) is 8.78 Å². The van der Waals surface area contributed by atoms with E-state index >= 15 is 0 Å². The highest BCUT2D eigenvalue weighted by Gasteiger charge is 2.24. The van der Waals surface area contributed by atoms with Gasteiger partial charge < -0.3 is 14.0 Å². The van der Waals surface area contributed by atoms with Gasteiger partial charge in [-0.25, -0.2) is 8.78 Å². The Kier molecular flexibility index (Phi) is 5.25. The second kappa shape index (κ2) is 8.19. The van der Waals surface area contributed by atoms with E-state index in [1.807, 2.05) is 18.3 Å². The lowest BCUT2D eigenvalue weighted by Gasteiger charge is -2.31. The number of aromatic nitrogens is 2. The SMILES string of the molecule is Fc1ccc2c(C3CCN(CCCCn4ccc5ccc(F)cc54)CC3)noc2c1. The molecule has 0 unspecified atom stereocenters. The lowest BCUT2D eigenvalue weighted by Crippen LogP contribution is -2.33. The molecule has 0 radical (unpaired) electrons. The Balaban J connectivity index is 1.11. The molecule has 4 aromatic rings. The minimum Gasteiger partial charge on any atom is -0.356 e. The quantitative estimate of drug-likeness (QED) is 0.382. The van der Waals surface area contributed by atoms with Crippen molar-refractivity contribution in [2.75, 3.05) is 19.6 Å². The minimum absolute atomic E-state index is 0.185. The van der Waals surface area contributed by atoms with Gasteiger partial charge in [0.2, 0.25) is 0 Å². The summed E-state index contributed by atoms with van der Waals surface area (Å²) in [5, 5.41) is 6.25. The van der Waals surface area contributed by atoms with Crippen molar-refractivity contribution in [3.05, 3.63) is 66.0 Å². The van der Waals surface area contributed by atoms with Crippen molar-refractivity contribution in [3.8, 4) is 0 Å². The number of fused-ring (bicyclic) bond motifs is 2. The van der Waals surface area contributed by atoms with E-state index in [1.165, 1.54) is 18.2 Å². The molecule has 1 fully saturated rings. The van der Waals surface area contributed by atoms with Crippen molar-refractivity contribution in [1.82, 2.24) is 14.6 Å². The molecule has 2 aromatic heterocycles. The van der Waals surface area contributed by atoms with Crippen LogP contribution in [0.15, 0.2) is 53.2 Å². The molecule has 0 atom stereocenters. The molecule has 4 nitrogen and oxygen atoms in total. The highest BCUT2D eigenvalue weighted by molar-refractivity contribution is 5.80. The normalized spacial score (nSPS) is 16.1. The van der Waals surface area contributed by atoms with Crippen LogP contribution in [0.25, 0.3) is 21.9 Å². The van der Waals surface area contributed by atoms with E-state index < -0.39 is 0 Å². The van der Waals surface area contributed by atoms with E-state index in [4.69, 9.17) is 4.52 Å². The first-order chi connectivity index (χ1) is 14.7. The predicted octanol–water partition coefficient (Wildman–Crippen LogP) is 5.72. The summed E-state index contributed by atoms with van der Waals surface area (Å²) in [7, 11) is 0. The Bertz CT molecular complexity index is 1160. The van der Waals surface area contributed by atoms with Gasteiger partial charge in [0.05, 0.1) is 11.2 Å². The number of likely N-dealkylation sites (tertiary alicyclic amines) is 1. The number of nitrogens with zero attached hydrogens (tertiary/aromatic N) is 3. The fourth-order valence-corrected chi connectivity index (χ4v) is 4.62. The summed E-state index contributed by atoms with van der Waals surface area (Å²) in [6, 6.07) is 11.7. The van der Waals surface area contributed by atoms with E-state index in [0.29, 0.717) is 11.5 Å². The third kappa shape index (κ3) is 3.84. The van der Waals surface area contributed by atoms with Gasteiger partial charge in [0.25, 0.3) is 0 Å². The van der Waals surface area contributed by atoms with Crippen LogP contribution in [-0.4, -0.2) is 34.3 Å². The molecule has 0 aliphatic carbocycles. The molecule has 1 saturated heterocycles. The first-order valence-electron chi connectivity index (χ1n) is 10.7. The summed E-state index contributed by atoms with van der Waals surface area (Å²) in [6.45, 7) is 4.06. The zero-order valence-corrected chi connectivity index (χ0v) is 16.9. The van der Waals surface area contributed by atoms with Crippen LogP contribution in [0.2, 0.25) is 0 Å². The smallest absolute Gasteiger partial charge is 0.170 e. The van der Waals surface area contributed by atoms with Gasteiger partial charge in [-0.2, -0.15) is 0 Å². The van der Waals surface area contributed by atoms with Gasteiger partial charge in [0, 0.05) is 30.1 Å². The van der Waals surface area contributed by atoms with Crippen LogP contribution in [-0.2, 0) is 6.54 Å². The summed E-state index contributed by atoms with van der Waals surface area (Å²) in [5.41, 5.74) is 2.47. The number of unbranched alkanes of at least 4 members (excludes halogenated alkanes) is 1. The van der Waals surface area contributed by atoms with Crippen molar-refractivity contribution in [2.24, 2.45) is 0 Å². The van der Waals surface area contributed by atoms with Crippen molar-refractivity contribution >= 4 is 21.9 Å². The third-order valence-corrected chi connectivity index (χ3v) is 6.30. The summed E-state index contributed by atoms with van der Waals surface area (Å²) >= 11 is 0. The molecular weight excluding hydrogens is 384 g/mol. The third-order valence-electron chi connectivity index (χ3n) is 6.30. The van der Waals surface area contributed by atoms with E-state index in [0.717, 1.165) is 73.8 Å². The molecule has 5 rings (SSSR count). The average molecular weight is 409 g/mol. The molecule has 156 valence electrons. The molecule has 0 saturated carbocycles. The zero-order valence-electron chi connectivity index (χ0n) is 16.9. The number of rotatable bonds is 6. The maximum Gasteiger partial charge on any atom is 0.170 e. The minimum atomic E-state index is -0.293. The molecule has 2 aromatic carbocycles. The molecule has 1 aliphatic rings. The molecule has 0 N–H and O–H groups in total. The Morgan fingerprint density at radius 1 is 0.933 bits per heavy atom. The van der Waals surface area contributed by atoms with Crippen molar-refractivity contribution < 1.29 is 13.3 Å². The fourth-order valence-electron chi connectivity index (χ4n) is 4.62. The standard InChI is InChI=1S/C24H25F2N3O/c25-19-4-3-17-9-14-29(22(17)15-19)11-2-1-10-28-12-7-18(8-13-28)24-21-6-5-20(26)16-23(21)30-27-24/h3-6,9,14-16,18H,1-2,7-8,10-13H2. The fraction of sp³-hybridized carbons (Fsp3) is 0.375. The summed E-state index contributed by atoms with van der Waals surface area (Å²) in [4.78, 5) is 2.51. The van der Waals surface area contributed by atoms with Crippen LogP contribution in [0.1, 0.15) is 37.3 Å². The second-order valence-corrected chi connectivity index (χ2v) is 8.24. The first kappa shape index (κ1) is 19.2. The summed E-state index contributed by atoms with van der Waals surface area (Å²) in [6.07, 6.45) is 6.32. The van der Waals surface area contributed by atoms with Gasteiger partial charge in [0.1, 0.15) is 11.6 Å². The number of benzene rings is 2. The molecule has 1 aliphatic heterocycles. The number of halogens is 2. The van der Waals surface area contributed by atoms with Gasteiger partial charge in [-0.1, -0.05) is 5.16 Å². The number of aryl methyl sites for hydroxylation is 1. The number of hydrogen-bond acceptors (Lipinski definition) is 3. The van der Waals surface area contributed by atoms with Crippen LogP contribution in [0, 0.1) is 11.6 Å². The molecule has 30 heavy (non-hydrogen) atoms. The highest BCUT2D eigenvalue weighted by atomic mass is 19.1. The Hall–Kier alpha value is -2.73. The van der Waals surface area contributed by atoms with Gasteiger partial charge in [0.15, 0.2) is 5.58 Å². The van der Waals surface area contributed by atoms with E-state index in [-0.39, 0.29) is 11.6 Å². The van der Waals surface area contributed by atoms with Crippen LogP contribution >= 0.6 is 0 Å². The van der Waals surface area contributed by atoms with Crippen molar-refractivity contribution in [2.45, 2.75) is 38.1 Å². The van der Waals surface area contributed by atoms with Crippen molar-refractivity contribution in [1.29, 1.82) is 0 Å². The van der Waals surface area contributed by atoms with E-state index in [2.05, 4.69) is 14.6 Å². The van der Waals surface area contributed by atoms with Crippen LogP contribution in [0.5, 0.6) is 0 Å². The lowest BCUT2D eigenvalue weighted by molar-refractivity contribution is 0.205. The van der Waals surface area contributed by atoms with Crippen molar-refractivity contribution in [3.63, 3.8) is 0 Å². The zero-order chi connectivity index (χ0) is 20.5. The molecule has 6 heteroatoms. The largest absolute Gasteiger partial charge is 0.356 e. The Morgan fingerprint density at radius 3 is 2.57 bits per heavy atom. The summed E-state index contributed by atoms with van der Waals surface area (Å²) in [5.74, 6) is -0.109. The van der Waals surface area contributed by atoms with Gasteiger partial charge in [-0.3, -0.25) is 0 Å².